The molecular weight excluding hydrogens is 286 g/mol. The van der Waals surface area contributed by atoms with Crippen LogP contribution in [0.2, 0.25) is 0 Å². The Morgan fingerprint density at radius 1 is 1.19 bits per heavy atom. The molecule has 2 heterocycles. The normalized spacial score (nSPS) is 10.7. The van der Waals surface area contributed by atoms with Gasteiger partial charge in [0.15, 0.2) is 5.16 Å². The van der Waals surface area contributed by atoms with Crippen LogP contribution in [0, 0.1) is 0 Å². The Hall–Kier alpha value is -1.83. The molecule has 0 radical (unpaired) electrons. The second-order valence-electron chi connectivity index (χ2n) is 4.40. The molecule has 0 unspecified atom stereocenters. The van der Waals surface area contributed by atoms with Crippen LogP contribution < -0.4 is 10.2 Å². The Labute approximate surface area is 129 Å². The summed E-state index contributed by atoms with van der Waals surface area (Å²) in [7, 11) is 1.89. The smallest absolute Gasteiger partial charge is 0.231 e. The zero-order valence-corrected chi connectivity index (χ0v) is 13.7. The van der Waals surface area contributed by atoms with Crippen LogP contribution in [-0.4, -0.2) is 44.4 Å². The van der Waals surface area contributed by atoms with Crippen LogP contribution in [0.5, 0.6) is 0 Å². The van der Waals surface area contributed by atoms with Crippen molar-refractivity contribution in [2.45, 2.75) is 30.8 Å². The van der Waals surface area contributed by atoms with Gasteiger partial charge in [-0.2, -0.15) is 20.1 Å². The second kappa shape index (κ2) is 7.26. The molecule has 2 aromatic heterocycles. The van der Waals surface area contributed by atoms with E-state index in [1.165, 1.54) is 11.8 Å². The van der Waals surface area contributed by atoms with E-state index in [1.807, 2.05) is 20.2 Å². The summed E-state index contributed by atoms with van der Waals surface area (Å²) >= 11 is 1.49. The summed E-state index contributed by atoms with van der Waals surface area (Å²) < 4.78 is 1.76. The van der Waals surface area contributed by atoms with E-state index in [9.17, 15) is 0 Å². The summed E-state index contributed by atoms with van der Waals surface area (Å²) in [5, 5.41) is 8.00. The van der Waals surface area contributed by atoms with Crippen LogP contribution in [0.1, 0.15) is 20.8 Å². The molecule has 1 N–H and O–H groups in total. The highest BCUT2D eigenvalue weighted by atomic mass is 32.2. The number of rotatable bonds is 7. The summed E-state index contributed by atoms with van der Waals surface area (Å²) in [5.74, 6) is 1.32. The second-order valence-corrected chi connectivity index (χ2v) is 5.44. The molecule has 2 aromatic rings. The minimum atomic E-state index is 0.612. The van der Waals surface area contributed by atoms with Gasteiger partial charge >= 0.3 is 0 Å². The third kappa shape index (κ3) is 4.07. The monoisotopic (exact) mass is 307 g/mol. The average molecular weight is 307 g/mol. The first-order valence-corrected chi connectivity index (χ1v) is 7.89. The first kappa shape index (κ1) is 15.6. The van der Waals surface area contributed by atoms with Crippen molar-refractivity contribution >= 4 is 23.7 Å². The fourth-order valence-corrected chi connectivity index (χ4v) is 2.61. The van der Waals surface area contributed by atoms with Gasteiger partial charge in [-0.05, 0) is 32.5 Å². The molecule has 0 bridgehead atoms. The minimum Gasteiger partial charge on any atom is -0.354 e. The van der Waals surface area contributed by atoms with Gasteiger partial charge in [-0.25, -0.2) is 0 Å². The highest BCUT2D eigenvalue weighted by molar-refractivity contribution is 7.99. The maximum Gasteiger partial charge on any atom is 0.231 e. The predicted octanol–water partition coefficient (Wildman–Crippen LogP) is 2.03. The van der Waals surface area contributed by atoms with Crippen molar-refractivity contribution in [3.8, 4) is 0 Å². The number of nitrogens with zero attached hydrogens (tertiary/aromatic N) is 6. The highest BCUT2D eigenvalue weighted by Crippen LogP contribution is 2.26. The minimum absolute atomic E-state index is 0.612. The summed E-state index contributed by atoms with van der Waals surface area (Å²) in [6, 6.07) is 0. The molecule has 0 aliphatic heterocycles. The van der Waals surface area contributed by atoms with Gasteiger partial charge in [-0.15, -0.1) is 0 Å². The molecule has 0 saturated heterocycles. The topological polar surface area (TPSA) is 71.8 Å². The number of hydrogen-bond acceptors (Lipinski definition) is 7. The van der Waals surface area contributed by atoms with E-state index in [0.29, 0.717) is 17.1 Å². The summed E-state index contributed by atoms with van der Waals surface area (Å²) in [6.07, 6.45) is 3.75. The summed E-state index contributed by atoms with van der Waals surface area (Å²) in [4.78, 5) is 16.6. The first-order chi connectivity index (χ1) is 10.2. The van der Waals surface area contributed by atoms with Crippen LogP contribution in [0.15, 0.2) is 22.4 Å². The zero-order chi connectivity index (χ0) is 15.2. The predicted molar refractivity (Wildman–Crippen MR) is 84.9 cm³/mol. The molecule has 114 valence electrons. The fourth-order valence-electron chi connectivity index (χ4n) is 1.83. The van der Waals surface area contributed by atoms with Crippen LogP contribution in [0.25, 0.3) is 0 Å². The van der Waals surface area contributed by atoms with E-state index in [-0.39, 0.29) is 0 Å². The molecule has 0 fully saturated rings. The Balaban J connectivity index is 2.30. The quantitative estimate of drug-likeness (QED) is 0.839. The number of nitrogens with one attached hydrogen (secondary N) is 1. The van der Waals surface area contributed by atoms with Crippen LogP contribution in [0.3, 0.4) is 0 Å². The molecular formula is C13H21N7S. The van der Waals surface area contributed by atoms with Gasteiger partial charge in [0.2, 0.25) is 11.9 Å². The number of anilines is 2. The van der Waals surface area contributed by atoms with E-state index in [2.05, 4.69) is 44.1 Å². The molecule has 0 aliphatic carbocycles. The van der Waals surface area contributed by atoms with Crippen LogP contribution in [0.4, 0.5) is 11.9 Å². The molecule has 7 nitrogen and oxygen atoms in total. The SMILES string of the molecule is CCNc1nc(Sc2cnn(C)c2)nc(N(CC)CC)n1. The lowest BCUT2D eigenvalue weighted by Gasteiger charge is -2.19. The Morgan fingerprint density at radius 2 is 1.95 bits per heavy atom. The van der Waals surface area contributed by atoms with E-state index >= 15 is 0 Å². The lowest BCUT2D eigenvalue weighted by atomic mass is 10.5. The number of hydrogen-bond donors (Lipinski definition) is 1. The standard InChI is InChI=1S/C13H21N7S/c1-5-14-11-16-12(20(6-2)7-3)18-13(17-11)21-10-8-15-19(4)9-10/h8-9H,5-7H2,1-4H3,(H,14,16,17,18). The third-order valence-corrected chi connectivity index (χ3v) is 3.69. The van der Waals surface area contributed by atoms with Crippen molar-refractivity contribution in [3.63, 3.8) is 0 Å². The Bertz CT molecular complexity index is 580. The first-order valence-electron chi connectivity index (χ1n) is 7.07. The lowest BCUT2D eigenvalue weighted by molar-refractivity contribution is 0.766. The van der Waals surface area contributed by atoms with E-state index in [0.717, 1.165) is 24.5 Å². The van der Waals surface area contributed by atoms with Gasteiger partial charge < -0.3 is 10.2 Å². The molecule has 0 atom stereocenters. The van der Waals surface area contributed by atoms with E-state index in [1.54, 1.807) is 10.9 Å². The maximum atomic E-state index is 4.55. The third-order valence-electron chi connectivity index (χ3n) is 2.87. The van der Waals surface area contributed by atoms with Crippen molar-refractivity contribution in [2.75, 3.05) is 29.9 Å². The molecule has 2 rings (SSSR count). The zero-order valence-electron chi connectivity index (χ0n) is 12.9. The van der Waals surface area contributed by atoms with Gasteiger partial charge in [-0.3, -0.25) is 4.68 Å². The lowest BCUT2D eigenvalue weighted by Crippen LogP contribution is -2.25. The Morgan fingerprint density at radius 3 is 2.52 bits per heavy atom. The van der Waals surface area contributed by atoms with E-state index < -0.39 is 0 Å². The van der Waals surface area contributed by atoms with Crippen molar-refractivity contribution in [3.05, 3.63) is 12.4 Å². The molecule has 0 aromatic carbocycles. The van der Waals surface area contributed by atoms with Crippen LogP contribution >= 0.6 is 11.8 Å². The van der Waals surface area contributed by atoms with Crippen LogP contribution in [-0.2, 0) is 7.05 Å². The average Bonchev–Trinajstić information content (AvgIpc) is 2.86. The molecule has 8 heteroatoms. The maximum absolute atomic E-state index is 4.55. The van der Waals surface area contributed by atoms with Gasteiger partial charge in [0.1, 0.15) is 0 Å². The number of aryl methyl sites for hydroxylation is 1. The van der Waals surface area contributed by atoms with Gasteiger partial charge in [0.25, 0.3) is 0 Å². The highest BCUT2D eigenvalue weighted by Gasteiger charge is 2.12. The molecule has 0 aliphatic rings. The van der Waals surface area contributed by atoms with Gasteiger partial charge in [-0.1, -0.05) is 0 Å². The van der Waals surface area contributed by atoms with Crippen molar-refractivity contribution < 1.29 is 0 Å². The molecule has 0 amide bonds. The largest absolute Gasteiger partial charge is 0.354 e. The van der Waals surface area contributed by atoms with Crippen molar-refractivity contribution in [2.24, 2.45) is 7.05 Å². The van der Waals surface area contributed by atoms with Crippen molar-refractivity contribution in [1.29, 1.82) is 0 Å². The van der Waals surface area contributed by atoms with Gasteiger partial charge in [0.05, 0.1) is 11.1 Å². The molecule has 21 heavy (non-hydrogen) atoms. The molecule has 0 saturated carbocycles. The van der Waals surface area contributed by atoms with E-state index in [4.69, 9.17) is 0 Å². The molecule has 0 spiro atoms. The van der Waals surface area contributed by atoms with Crippen molar-refractivity contribution in [1.82, 2.24) is 24.7 Å². The summed E-state index contributed by atoms with van der Waals surface area (Å²) in [6.45, 7) is 8.71. The Kier molecular flexibility index (Phi) is 5.38. The fraction of sp³-hybridized carbons (Fsp3) is 0.538. The summed E-state index contributed by atoms with van der Waals surface area (Å²) in [5.41, 5.74) is 0. The number of aromatic nitrogens is 5. The van der Waals surface area contributed by atoms with Gasteiger partial charge in [0, 0.05) is 32.9 Å².